The average molecular weight is 264 g/mol. The van der Waals surface area contributed by atoms with Crippen molar-refractivity contribution in [2.24, 2.45) is 0 Å². The fraction of sp³-hybridized carbons (Fsp3) is 0. The van der Waals surface area contributed by atoms with Crippen molar-refractivity contribution in [3.8, 4) is 0 Å². The smallest absolute Gasteiger partial charge is 0.286 e. The minimum absolute atomic E-state index is 0.261. The highest BCUT2D eigenvalue weighted by Gasteiger charge is 2.16. The van der Waals surface area contributed by atoms with Crippen LogP contribution >= 0.6 is 11.8 Å². The van der Waals surface area contributed by atoms with Gasteiger partial charge in [-0.05, 0) is 24.3 Å². The van der Waals surface area contributed by atoms with Crippen molar-refractivity contribution in [1.29, 1.82) is 0 Å². The molecule has 2 rings (SSSR count). The largest absolute Gasteiger partial charge is 0.398 e. The van der Waals surface area contributed by atoms with Crippen LogP contribution < -0.4 is 5.73 Å². The first-order valence-electron chi connectivity index (χ1n) is 5.04. The zero-order chi connectivity index (χ0) is 13.1. The maximum atomic E-state index is 13.0. The molecule has 0 radical (unpaired) electrons. The number of nitrogens with two attached hydrogens (primary N) is 1. The van der Waals surface area contributed by atoms with E-state index in [9.17, 15) is 14.5 Å². The maximum Gasteiger partial charge on any atom is 0.286 e. The van der Waals surface area contributed by atoms with Crippen molar-refractivity contribution in [2.45, 2.75) is 9.79 Å². The Kier molecular flexibility index (Phi) is 3.47. The van der Waals surface area contributed by atoms with Crippen molar-refractivity contribution in [3.63, 3.8) is 0 Å². The molecule has 4 nitrogen and oxygen atoms in total. The zero-order valence-electron chi connectivity index (χ0n) is 9.17. The number of rotatable bonds is 3. The third-order valence-electron chi connectivity index (χ3n) is 2.26. The molecule has 0 aromatic heterocycles. The molecule has 6 heteroatoms. The molecule has 2 aromatic rings. The van der Waals surface area contributed by atoms with Crippen LogP contribution in [0.25, 0.3) is 0 Å². The molecule has 0 fully saturated rings. The van der Waals surface area contributed by atoms with E-state index in [-0.39, 0.29) is 5.69 Å². The molecule has 0 spiro atoms. The van der Waals surface area contributed by atoms with Crippen LogP contribution in [0.15, 0.2) is 52.3 Å². The molecule has 0 bridgehead atoms. The highest BCUT2D eigenvalue weighted by atomic mass is 32.2. The van der Waals surface area contributed by atoms with E-state index >= 15 is 0 Å². The summed E-state index contributed by atoms with van der Waals surface area (Å²) in [6, 6.07) is 10.5. The van der Waals surface area contributed by atoms with Crippen molar-refractivity contribution < 1.29 is 9.31 Å². The monoisotopic (exact) mass is 264 g/mol. The molecular formula is C12H9FN2O2S. The van der Waals surface area contributed by atoms with Gasteiger partial charge in [-0.25, -0.2) is 4.39 Å². The molecule has 0 atom stereocenters. The molecular weight excluding hydrogens is 255 g/mol. The summed E-state index contributed by atoms with van der Waals surface area (Å²) in [4.78, 5) is 11.3. The first kappa shape index (κ1) is 12.4. The molecule has 0 saturated carbocycles. The van der Waals surface area contributed by atoms with Crippen LogP contribution in [0.2, 0.25) is 0 Å². The topological polar surface area (TPSA) is 69.2 Å². The Labute approximate surface area is 107 Å². The Bertz CT molecular complexity index is 604. The van der Waals surface area contributed by atoms with Gasteiger partial charge in [0.25, 0.3) is 5.69 Å². The van der Waals surface area contributed by atoms with Crippen LogP contribution in [0, 0.1) is 15.9 Å². The van der Waals surface area contributed by atoms with E-state index in [1.165, 1.54) is 12.1 Å². The summed E-state index contributed by atoms with van der Waals surface area (Å²) in [5.74, 6) is -0.632. The molecule has 2 aromatic carbocycles. The Morgan fingerprint density at radius 2 is 1.89 bits per heavy atom. The van der Waals surface area contributed by atoms with Gasteiger partial charge >= 0.3 is 0 Å². The van der Waals surface area contributed by atoms with Crippen LogP contribution in [0.4, 0.5) is 15.8 Å². The number of anilines is 1. The van der Waals surface area contributed by atoms with Gasteiger partial charge in [0, 0.05) is 10.6 Å². The first-order valence-corrected chi connectivity index (χ1v) is 5.86. The lowest BCUT2D eigenvalue weighted by Crippen LogP contribution is -1.93. The number of benzene rings is 2. The van der Waals surface area contributed by atoms with E-state index in [0.29, 0.717) is 15.5 Å². The van der Waals surface area contributed by atoms with Crippen molar-refractivity contribution in [1.82, 2.24) is 0 Å². The minimum Gasteiger partial charge on any atom is -0.398 e. The van der Waals surface area contributed by atoms with Gasteiger partial charge in [0.15, 0.2) is 0 Å². The summed E-state index contributed by atoms with van der Waals surface area (Å²) >= 11 is 1.14. The van der Waals surface area contributed by atoms with Crippen molar-refractivity contribution in [2.75, 3.05) is 5.73 Å². The Balaban J connectivity index is 2.41. The fourth-order valence-corrected chi connectivity index (χ4v) is 2.35. The van der Waals surface area contributed by atoms with Crippen LogP contribution in [-0.2, 0) is 0 Å². The van der Waals surface area contributed by atoms with E-state index in [1.54, 1.807) is 24.3 Å². The van der Waals surface area contributed by atoms with Crippen LogP contribution in [0.1, 0.15) is 0 Å². The molecule has 0 unspecified atom stereocenters. The lowest BCUT2D eigenvalue weighted by molar-refractivity contribution is -0.387. The van der Waals surface area contributed by atoms with Gasteiger partial charge in [-0.1, -0.05) is 23.9 Å². The Hall–Kier alpha value is -2.08. The SMILES string of the molecule is Nc1ccccc1Sc1ccc(F)cc1[N+](=O)[O-]. The highest BCUT2D eigenvalue weighted by molar-refractivity contribution is 7.99. The third-order valence-corrected chi connectivity index (χ3v) is 3.41. The highest BCUT2D eigenvalue weighted by Crippen LogP contribution is 2.37. The molecule has 18 heavy (non-hydrogen) atoms. The number of hydrogen-bond acceptors (Lipinski definition) is 4. The van der Waals surface area contributed by atoms with Crippen LogP contribution in [-0.4, -0.2) is 4.92 Å². The number of nitro groups is 1. The summed E-state index contributed by atoms with van der Waals surface area (Å²) in [5.41, 5.74) is 6.03. The lowest BCUT2D eigenvalue weighted by Gasteiger charge is -2.05. The molecule has 92 valence electrons. The van der Waals surface area contributed by atoms with Crippen molar-refractivity contribution >= 4 is 23.1 Å². The molecule has 0 aliphatic rings. The van der Waals surface area contributed by atoms with E-state index in [0.717, 1.165) is 17.8 Å². The van der Waals surface area contributed by atoms with E-state index < -0.39 is 10.7 Å². The van der Waals surface area contributed by atoms with Crippen molar-refractivity contribution in [3.05, 3.63) is 58.4 Å². The van der Waals surface area contributed by atoms with E-state index in [1.807, 2.05) is 0 Å². The van der Waals surface area contributed by atoms with Crippen LogP contribution in [0.3, 0.4) is 0 Å². The van der Waals surface area contributed by atoms with E-state index in [2.05, 4.69) is 0 Å². The number of nitro benzene ring substituents is 1. The molecule has 0 heterocycles. The second-order valence-electron chi connectivity index (χ2n) is 3.51. The minimum atomic E-state index is -0.632. The van der Waals surface area contributed by atoms with Gasteiger partial charge < -0.3 is 5.73 Å². The summed E-state index contributed by atoms with van der Waals surface area (Å²) < 4.78 is 13.0. The van der Waals surface area contributed by atoms with Gasteiger partial charge in [0.05, 0.1) is 15.9 Å². The third kappa shape index (κ3) is 2.60. The maximum absolute atomic E-state index is 13.0. The number of nitrogens with zero attached hydrogens (tertiary/aromatic N) is 1. The van der Waals surface area contributed by atoms with Crippen LogP contribution in [0.5, 0.6) is 0 Å². The van der Waals surface area contributed by atoms with Gasteiger partial charge in [-0.3, -0.25) is 10.1 Å². The van der Waals surface area contributed by atoms with Gasteiger partial charge in [-0.2, -0.15) is 0 Å². The van der Waals surface area contributed by atoms with Gasteiger partial charge in [0.1, 0.15) is 5.82 Å². The first-order chi connectivity index (χ1) is 8.58. The standard InChI is InChI=1S/C12H9FN2O2S/c13-8-5-6-12(10(7-8)15(16)17)18-11-4-2-1-3-9(11)14/h1-7H,14H2. The molecule has 0 saturated heterocycles. The summed E-state index contributed by atoms with van der Waals surface area (Å²) in [6.45, 7) is 0. The summed E-state index contributed by atoms with van der Waals surface area (Å²) in [6.07, 6.45) is 0. The molecule has 2 N–H and O–H groups in total. The van der Waals surface area contributed by atoms with Gasteiger partial charge in [-0.15, -0.1) is 0 Å². The lowest BCUT2D eigenvalue weighted by atomic mass is 10.3. The normalized spacial score (nSPS) is 10.3. The number of para-hydroxylation sites is 1. The fourth-order valence-electron chi connectivity index (χ4n) is 1.41. The summed E-state index contributed by atoms with van der Waals surface area (Å²) in [5, 5.41) is 10.8. The number of nitrogen functional groups attached to an aromatic ring is 1. The molecule has 0 aliphatic carbocycles. The Morgan fingerprint density at radius 3 is 2.56 bits per heavy atom. The van der Waals surface area contributed by atoms with E-state index in [4.69, 9.17) is 5.73 Å². The zero-order valence-corrected chi connectivity index (χ0v) is 9.99. The number of halogens is 1. The average Bonchev–Trinajstić information content (AvgIpc) is 2.34. The number of hydrogen-bond donors (Lipinski definition) is 1. The second kappa shape index (κ2) is 5.05. The molecule has 0 aliphatic heterocycles. The molecule has 0 amide bonds. The Morgan fingerprint density at radius 1 is 1.17 bits per heavy atom. The predicted octanol–water partition coefficient (Wildman–Crippen LogP) is 3.47. The quantitative estimate of drug-likeness (QED) is 0.523. The second-order valence-corrected chi connectivity index (χ2v) is 4.59. The predicted molar refractivity (Wildman–Crippen MR) is 68.0 cm³/mol. The summed E-state index contributed by atoms with van der Waals surface area (Å²) in [7, 11) is 0. The van der Waals surface area contributed by atoms with Gasteiger partial charge in [0.2, 0.25) is 0 Å².